The molecule has 3 aromatic rings. The van der Waals surface area contributed by atoms with Crippen LogP contribution in [-0.2, 0) is 12.8 Å². The van der Waals surface area contributed by atoms with Crippen LogP contribution < -0.4 is 25.0 Å². The van der Waals surface area contributed by atoms with Crippen molar-refractivity contribution in [3.63, 3.8) is 0 Å². The van der Waals surface area contributed by atoms with Crippen molar-refractivity contribution in [2.45, 2.75) is 25.8 Å². The summed E-state index contributed by atoms with van der Waals surface area (Å²) in [5, 5.41) is 13.6. The van der Waals surface area contributed by atoms with Crippen molar-refractivity contribution in [3.05, 3.63) is 65.5 Å². The van der Waals surface area contributed by atoms with Crippen LogP contribution in [0.1, 0.15) is 28.5 Å². The van der Waals surface area contributed by atoms with Crippen molar-refractivity contribution in [1.82, 2.24) is 15.5 Å². The predicted molar refractivity (Wildman–Crippen MR) is 130 cm³/mol. The van der Waals surface area contributed by atoms with E-state index in [9.17, 15) is 4.79 Å². The van der Waals surface area contributed by atoms with E-state index >= 15 is 0 Å². The first-order valence-corrected chi connectivity index (χ1v) is 11.2. The number of hydrogen-bond acceptors (Lipinski definition) is 6. The zero-order valence-electron chi connectivity index (χ0n) is 19.4. The summed E-state index contributed by atoms with van der Waals surface area (Å²) in [6, 6.07) is 14.0. The average Bonchev–Trinajstić information content (AvgIpc) is 3.29. The van der Waals surface area contributed by atoms with Gasteiger partial charge in [-0.15, -0.1) is 0 Å². The highest BCUT2D eigenvalue weighted by Crippen LogP contribution is 2.24. The zero-order chi connectivity index (χ0) is 23.2. The van der Waals surface area contributed by atoms with Crippen molar-refractivity contribution in [2.75, 3.05) is 44.1 Å². The normalized spacial score (nSPS) is 15.8. The number of amides is 1. The molecule has 1 aliphatic rings. The first-order valence-electron chi connectivity index (χ1n) is 11.2. The van der Waals surface area contributed by atoms with E-state index in [4.69, 9.17) is 9.47 Å². The maximum absolute atomic E-state index is 12.8. The minimum atomic E-state index is -0.152. The highest BCUT2D eigenvalue weighted by atomic mass is 16.5. The molecule has 2 heterocycles. The van der Waals surface area contributed by atoms with Gasteiger partial charge in [0.05, 0.1) is 31.8 Å². The first kappa shape index (κ1) is 22.7. The molecule has 3 N–H and O–H groups in total. The number of H-pyrrole nitrogens is 1. The number of anilines is 2. The fourth-order valence-electron chi connectivity index (χ4n) is 4.08. The van der Waals surface area contributed by atoms with Crippen LogP contribution in [0, 0.1) is 0 Å². The van der Waals surface area contributed by atoms with E-state index in [-0.39, 0.29) is 5.91 Å². The standard InChI is InChI=1S/C25H31N5O3/c1-17-16-30(11-10-26-17)20-7-5-19(6-8-20)25(31)28-24-15-27-29-23(24)9-4-18-12-21(32-2)14-22(13-18)33-3/h5-8,12-15,17,26H,4,9-11,16H2,1-3H3,(H,27,29)(H,28,31). The van der Waals surface area contributed by atoms with Crippen LogP contribution in [-0.4, -0.2) is 56.0 Å². The fourth-order valence-corrected chi connectivity index (χ4v) is 4.08. The average molecular weight is 450 g/mol. The third-order valence-corrected chi connectivity index (χ3v) is 5.90. The molecule has 174 valence electrons. The van der Waals surface area contributed by atoms with Gasteiger partial charge in [-0.3, -0.25) is 9.89 Å². The third kappa shape index (κ3) is 5.64. The summed E-state index contributed by atoms with van der Waals surface area (Å²) in [5.41, 5.74) is 4.39. The SMILES string of the molecule is COc1cc(CCc2[nH]ncc2NC(=O)c2ccc(N3CCNC(C)C3)cc2)cc(OC)c1. The topological polar surface area (TPSA) is 91.5 Å². The monoisotopic (exact) mass is 449 g/mol. The number of carbonyl (C=O) groups excluding carboxylic acids is 1. The number of aromatic amines is 1. The van der Waals surface area contributed by atoms with Gasteiger partial charge in [-0.1, -0.05) is 0 Å². The van der Waals surface area contributed by atoms with E-state index < -0.39 is 0 Å². The largest absolute Gasteiger partial charge is 0.497 e. The molecule has 1 fully saturated rings. The molecule has 4 rings (SSSR count). The maximum Gasteiger partial charge on any atom is 0.255 e. The summed E-state index contributed by atoms with van der Waals surface area (Å²) >= 11 is 0. The van der Waals surface area contributed by atoms with Crippen LogP contribution in [0.15, 0.2) is 48.7 Å². The molecule has 0 radical (unpaired) electrons. The van der Waals surface area contributed by atoms with Gasteiger partial charge in [-0.2, -0.15) is 5.10 Å². The van der Waals surface area contributed by atoms with Crippen molar-refractivity contribution >= 4 is 17.3 Å². The van der Waals surface area contributed by atoms with Crippen LogP contribution in [0.5, 0.6) is 11.5 Å². The van der Waals surface area contributed by atoms with E-state index in [1.165, 1.54) is 0 Å². The number of aryl methyl sites for hydroxylation is 2. The van der Waals surface area contributed by atoms with Gasteiger partial charge < -0.3 is 25.0 Å². The van der Waals surface area contributed by atoms with Gasteiger partial charge in [-0.05, 0) is 61.7 Å². The number of nitrogens with zero attached hydrogens (tertiary/aromatic N) is 2. The van der Waals surface area contributed by atoms with Gasteiger partial charge in [0.1, 0.15) is 11.5 Å². The molecular weight excluding hydrogens is 418 g/mol. The van der Waals surface area contributed by atoms with Crippen molar-refractivity contribution in [1.29, 1.82) is 0 Å². The van der Waals surface area contributed by atoms with E-state index in [2.05, 4.69) is 32.7 Å². The van der Waals surface area contributed by atoms with Gasteiger partial charge in [0.2, 0.25) is 0 Å². The molecule has 33 heavy (non-hydrogen) atoms. The Balaban J connectivity index is 1.38. The summed E-state index contributed by atoms with van der Waals surface area (Å²) in [4.78, 5) is 15.2. The number of piperazine rings is 1. The quantitative estimate of drug-likeness (QED) is 0.489. The number of aromatic nitrogens is 2. The minimum Gasteiger partial charge on any atom is -0.497 e. The number of ether oxygens (including phenoxy) is 2. The van der Waals surface area contributed by atoms with Gasteiger partial charge in [-0.25, -0.2) is 0 Å². The molecule has 0 aliphatic carbocycles. The number of rotatable bonds is 8. The number of methoxy groups -OCH3 is 2. The van der Waals surface area contributed by atoms with Crippen molar-refractivity contribution < 1.29 is 14.3 Å². The molecule has 1 amide bonds. The molecule has 8 heteroatoms. The number of hydrogen-bond donors (Lipinski definition) is 3. The molecule has 8 nitrogen and oxygen atoms in total. The summed E-state index contributed by atoms with van der Waals surface area (Å²) in [5.74, 6) is 1.35. The van der Waals surface area contributed by atoms with E-state index in [1.807, 2.05) is 42.5 Å². The maximum atomic E-state index is 12.8. The Kier molecular flexibility index (Phi) is 7.14. The Labute approximate surface area is 194 Å². The highest BCUT2D eigenvalue weighted by Gasteiger charge is 2.17. The molecule has 0 bridgehead atoms. The summed E-state index contributed by atoms with van der Waals surface area (Å²) in [6.45, 7) is 5.08. The Bertz CT molecular complexity index is 1060. The second-order valence-electron chi connectivity index (χ2n) is 8.29. The number of nitrogens with one attached hydrogen (secondary N) is 3. The smallest absolute Gasteiger partial charge is 0.255 e. The van der Waals surface area contributed by atoms with Gasteiger partial charge in [0, 0.05) is 43.0 Å². The Morgan fingerprint density at radius 3 is 2.52 bits per heavy atom. The molecule has 0 saturated carbocycles. The Morgan fingerprint density at radius 1 is 1.12 bits per heavy atom. The summed E-state index contributed by atoms with van der Waals surface area (Å²) < 4.78 is 10.7. The second-order valence-corrected chi connectivity index (χ2v) is 8.29. The van der Waals surface area contributed by atoms with Crippen LogP contribution >= 0.6 is 0 Å². The van der Waals surface area contributed by atoms with Crippen LogP contribution in [0.2, 0.25) is 0 Å². The molecule has 1 aromatic heterocycles. The third-order valence-electron chi connectivity index (χ3n) is 5.90. The lowest BCUT2D eigenvalue weighted by molar-refractivity contribution is 0.102. The van der Waals surface area contributed by atoms with E-state index in [0.29, 0.717) is 23.7 Å². The first-order chi connectivity index (χ1) is 16.1. The van der Waals surface area contributed by atoms with Gasteiger partial charge in [0.25, 0.3) is 5.91 Å². The fraction of sp³-hybridized carbons (Fsp3) is 0.360. The number of carbonyl (C=O) groups is 1. The van der Waals surface area contributed by atoms with Gasteiger partial charge in [0.15, 0.2) is 0 Å². The molecule has 1 saturated heterocycles. The second kappa shape index (κ2) is 10.4. The molecule has 1 aliphatic heterocycles. The lowest BCUT2D eigenvalue weighted by Gasteiger charge is -2.33. The van der Waals surface area contributed by atoms with Crippen molar-refractivity contribution in [3.8, 4) is 11.5 Å². The van der Waals surface area contributed by atoms with Crippen LogP contribution in [0.4, 0.5) is 11.4 Å². The molecular formula is C25H31N5O3. The predicted octanol–water partition coefficient (Wildman–Crippen LogP) is 3.26. The van der Waals surface area contributed by atoms with E-state index in [1.54, 1.807) is 20.4 Å². The molecule has 1 unspecified atom stereocenters. The molecule has 0 spiro atoms. The lowest BCUT2D eigenvalue weighted by atomic mass is 10.1. The van der Waals surface area contributed by atoms with E-state index in [0.717, 1.165) is 54.5 Å². The van der Waals surface area contributed by atoms with Crippen molar-refractivity contribution in [2.24, 2.45) is 0 Å². The van der Waals surface area contributed by atoms with Crippen LogP contribution in [0.25, 0.3) is 0 Å². The van der Waals surface area contributed by atoms with Crippen LogP contribution in [0.3, 0.4) is 0 Å². The Morgan fingerprint density at radius 2 is 1.85 bits per heavy atom. The lowest BCUT2D eigenvalue weighted by Crippen LogP contribution is -2.49. The molecule has 1 atom stereocenters. The highest BCUT2D eigenvalue weighted by molar-refractivity contribution is 6.04. The summed E-state index contributed by atoms with van der Waals surface area (Å²) in [6.07, 6.45) is 3.08. The van der Waals surface area contributed by atoms with Gasteiger partial charge >= 0.3 is 0 Å². The molecule has 2 aromatic carbocycles. The number of benzene rings is 2. The Hall–Kier alpha value is -3.52. The zero-order valence-corrected chi connectivity index (χ0v) is 19.4. The summed E-state index contributed by atoms with van der Waals surface area (Å²) in [7, 11) is 3.27. The minimum absolute atomic E-state index is 0.152.